The molecule has 0 aliphatic carbocycles. The normalized spacial score (nSPS) is 15.1. The summed E-state index contributed by atoms with van der Waals surface area (Å²) in [5, 5.41) is 7.23. The fraction of sp³-hybridized carbons (Fsp3) is 0.333. The molecule has 2 fully saturated rings. The quantitative estimate of drug-likeness (QED) is 0.241. The van der Waals surface area contributed by atoms with Crippen LogP contribution in [0.4, 0.5) is 11.4 Å². The van der Waals surface area contributed by atoms with Gasteiger partial charge in [-0.05, 0) is 38.1 Å². The van der Waals surface area contributed by atoms with Crippen molar-refractivity contribution in [3.63, 3.8) is 0 Å². The van der Waals surface area contributed by atoms with Crippen molar-refractivity contribution in [3.8, 4) is 0 Å². The van der Waals surface area contributed by atoms with Gasteiger partial charge in [-0.3, -0.25) is 23.3 Å². The maximum Gasteiger partial charge on any atom is 0.259 e. The molecule has 8 rings (SSSR count). The molecule has 0 amide bonds. The number of piperazine rings is 2. The zero-order chi connectivity index (χ0) is 34.2. The van der Waals surface area contributed by atoms with Crippen LogP contribution in [0.1, 0.15) is 22.8 Å². The van der Waals surface area contributed by atoms with Gasteiger partial charge in [0.15, 0.2) is 9.92 Å². The molecular formula is C36H41ClN8O2S2. The second-order valence-corrected chi connectivity index (χ2v) is 13.9. The zero-order valence-electron chi connectivity index (χ0n) is 27.8. The molecule has 6 aromatic rings. The van der Waals surface area contributed by atoms with Crippen LogP contribution < -0.4 is 26.2 Å². The van der Waals surface area contributed by atoms with Crippen molar-refractivity contribution >= 4 is 55.6 Å². The Bertz CT molecular complexity index is 2070. The standard InChI is InChI=1S/C18H20N4OS.C10H14N2.C8H7ClN2OS/c1-14-13-24-18-19-15(11-17(23)22(14)18)12-20-7-9-21(10-8-20)16-5-3-2-4-6-16;1-2-4-10(5-3-1)12-8-6-11-7-9-12;1-5-4-13-8-10-6(3-9)2-7(12)11(5)8/h2-6,11,13H,7-10,12H2,1H3;1-5,11H,6-9H2;2,4H,3H2,1H3. The van der Waals surface area contributed by atoms with Crippen LogP contribution in [0.2, 0.25) is 0 Å². The van der Waals surface area contributed by atoms with E-state index < -0.39 is 0 Å². The molecule has 2 aromatic carbocycles. The Kier molecular flexibility index (Phi) is 11.8. The van der Waals surface area contributed by atoms with Gasteiger partial charge in [-0.25, -0.2) is 9.97 Å². The van der Waals surface area contributed by atoms with E-state index in [2.05, 4.69) is 84.6 Å². The highest BCUT2D eigenvalue weighted by atomic mass is 35.5. The Morgan fingerprint density at radius 1 is 0.673 bits per heavy atom. The first-order valence-corrected chi connectivity index (χ1v) is 18.7. The fourth-order valence-electron chi connectivity index (χ4n) is 5.95. The number of hydrogen-bond donors (Lipinski definition) is 1. The molecule has 6 heterocycles. The van der Waals surface area contributed by atoms with Crippen LogP contribution in [0.15, 0.2) is 93.1 Å². The Hall–Kier alpha value is -4.07. The highest BCUT2D eigenvalue weighted by molar-refractivity contribution is 7.15. The SMILES string of the molecule is Cc1csc2nc(CCl)cc(=O)n12.Cc1csc2nc(CN3CCN(c4ccccc4)CC3)cc(=O)n12.c1ccc(N2CCNCC2)cc1. The molecule has 256 valence electrons. The molecule has 0 unspecified atom stereocenters. The second-order valence-electron chi connectivity index (χ2n) is 12.0. The Labute approximate surface area is 298 Å². The highest BCUT2D eigenvalue weighted by Gasteiger charge is 2.18. The van der Waals surface area contributed by atoms with Gasteiger partial charge in [-0.2, -0.15) is 0 Å². The molecule has 1 N–H and O–H groups in total. The molecule has 0 spiro atoms. The Morgan fingerprint density at radius 3 is 1.65 bits per heavy atom. The first kappa shape index (κ1) is 34.8. The lowest BCUT2D eigenvalue weighted by atomic mass is 10.2. The number of alkyl halides is 1. The molecule has 13 heteroatoms. The Balaban J connectivity index is 0.000000140. The third-order valence-electron chi connectivity index (χ3n) is 8.51. The minimum atomic E-state index is -0.0561. The van der Waals surface area contributed by atoms with E-state index in [0.29, 0.717) is 10.7 Å². The first-order valence-electron chi connectivity index (χ1n) is 16.4. The van der Waals surface area contributed by atoms with Gasteiger partial charge in [0.2, 0.25) is 0 Å². The monoisotopic (exact) mass is 716 g/mol. The van der Waals surface area contributed by atoms with Crippen LogP contribution in [0.25, 0.3) is 9.92 Å². The predicted molar refractivity (Wildman–Crippen MR) is 203 cm³/mol. The summed E-state index contributed by atoms with van der Waals surface area (Å²) in [6, 6.07) is 24.3. The minimum Gasteiger partial charge on any atom is -0.369 e. The maximum atomic E-state index is 12.3. The van der Waals surface area contributed by atoms with Crippen LogP contribution in [0.5, 0.6) is 0 Å². The van der Waals surface area contributed by atoms with E-state index in [4.69, 9.17) is 11.6 Å². The van der Waals surface area contributed by atoms with Crippen molar-refractivity contribution in [1.29, 1.82) is 0 Å². The van der Waals surface area contributed by atoms with Gasteiger partial charge in [-0.15, -0.1) is 34.3 Å². The van der Waals surface area contributed by atoms with Crippen molar-refractivity contribution in [2.24, 2.45) is 0 Å². The van der Waals surface area contributed by atoms with E-state index in [-0.39, 0.29) is 17.0 Å². The summed E-state index contributed by atoms with van der Waals surface area (Å²) in [5.74, 6) is 0.280. The second kappa shape index (κ2) is 16.6. The number of nitrogens with zero attached hydrogens (tertiary/aromatic N) is 7. The highest BCUT2D eigenvalue weighted by Crippen LogP contribution is 2.18. The average Bonchev–Trinajstić information content (AvgIpc) is 3.72. The molecule has 2 saturated heterocycles. The predicted octanol–water partition coefficient (Wildman–Crippen LogP) is 5.29. The third-order valence-corrected chi connectivity index (χ3v) is 10.7. The fourth-order valence-corrected chi connectivity index (χ4v) is 7.86. The zero-order valence-corrected chi connectivity index (χ0v) is 30.2. The van der Waals surface area contributed by atoms with Crippen molar-refractivity contribution in [2.75, 3.05) is 62.2 Å². The van der Waals surface area contributed by atoms with E-state index in [1.165, 1.54) is 40.1 Å². The molecular weight excluding hydrogens is 676 g/mol. The van der Waals surface area contributed by atoms with Crippen LogP contribution in [-0.2, 0) is 12.4 Å². The number of hydrogen-bond acceptors (Lipinski definition) is 10. The molecule has 0 radical (unpaired) electrons. The van der Waals surface area contributed by atoms with Crippen LogP contribution in [0, 0.1) is 13.8 Å². The van der Waals surface area contributed by atoms with E-state index in [9.17, 15) is 9.59 Å². The molecule has 0 bridgehead atoms. The minimum absolute atomic E-state index is 0.0247. The van der Waals surface area contributed by atoms with Gasteiger partial charge < -0.3 is 15.1 Å². The summed E-state index contributed by atoms with van der Waals surface area (Å²) in [7, 11) is 0. The average molecular weight is 717 g/mol. The number of thiazole rings is 2. The molecule has 0 atom stereocenters. The Morgan fingerprint density at radius 2 is 1.14 bits per heavy atom. The first-order chi connectivity index (χ1) is 23.9. The topological polar surface area (TPSA) is 90.5 Å². The van der Waals surface area contributed by atoms with Gasteiger partial charge in [0.05, 0.1) is 17.3 Å². The van der Waals surface area contributed by atoms with Gasteiger partial charge >= 0.3 is 0 Å². The number of anilines is 2. The van der Waals surface area contributed by atoms with Crippen molar-refractivity contribution in [3.05, 3.63) is 127 Å². The summed E-state index contributed by atoms with van der Waals surface area (Å²) >= 11 is 8.58. The molecule has 0 saturated carbocycles. The lowest BCUT2D eigenvalue weighted by Crippen LogP contribution is -2.46. The van der Waals surface area contributed by atoms with Crippen LogP contribution in [-0.4, -0.2) is 76.0 Å². The van der Waals surface area contributed by atoms with Crippen LogP contribution >= 0.6 is 34.3 Å². The van der Waals surface area contributed by atoms with Crippen LogP contribution in [0.3, 0.4) is 0 Å². The molecule has 2 aliphatic heterocycles. The summed E-state index contributed by atoms with van der Waals surface area (Å²) in [6.45, 7) is 13.0. The van der Waals surface area contributed by atoms with Gasteiger partial charge in [0.1, 0.15) is 0 Å². The number of benzene rings is 2. The maximum absolute atomic E-state index is 12.3. The molecule has 49 heavy (non-hydrogen) atoms. The van der Waals surface area contributed by atoms with Crippen molar-refractivity contribution in [1.82, 2.24) is 29.0 Å². The number of halogens is 1. The molecule has 2 aliphatic rings. The smallest absolute Gasteiger partial charge is 0.259 e. The van der Waals surface area contributed by atoms with E-state index >= 15 is 0 Å². The number of para-hydroxylation sites is 2. The van der Waals surface area contributed by atoms with Crippen molar-refractivity contribution in [2.45, 2.75) is 26.3 Å². The number of rotatable bonds is 5. The molecule has 4 aromatic heterocycles. The van der Waals surface area contributed by atoms with E-state index in [1.54, 1.807) is 14.9 Å². The summed E-state index contributed by atoms with van der Waals surface area (Å²) in [4.78, 5) is 41.3. The number of nitrogens with one attached hydrogen (secondary N) is 1. The van der Waals surface area contributed by atoms with Gasteiger partial charge in [0.25, 0.3) is 11.1 Å². The van der Waals surface area contributed by atoms with Gasteiger partial charge in [-0.1, -0.05) is 36.4 Å². The number of fused-ring (bicyclic) bond motifs is 2. The van der Waals surface area contributed by atoms with Crippen molar-refractivity contribution < 1.29 is 0 Å². The lowest BCUT2D eigenvalue weighted by molar-refractivity contribution is 0.247. The number of aryl methyl sites for hydroxylation is 2. The van der Waals surface area contributed by atoms with E-state index in [1.807, 2.05) is 30.7 Å². The summed E-state index contributed by atoms with van der Waals surface area (Å²) < 4.78 is 3.27. The molecule has 10 nitrogen and oxygen atoms in total. The third kappa shape index (κ3) is 8.75. The summed E-state index contributed by atoms with van der Waals surface area (Å²) in [6.07, 6.45) is 0. The lowest BCUT2D eigenvalue weighted by Gasteiger charge is -2.35. The summed E-state index contributed by atoms with van der Waals surface area (Å²) in [5.41, 5.74) is 5.97. The van der Waals surface area contributed by atoms with E-state index in [0.717, 1.165) is 80.9 Å². The largest absolute Gasteiger partial charge is 0.369 e. The van der Waals surface area contributed by atoms with Gasteiger partial charge in [0, 0.05) is 105 Å². The number of aromatic nitrogens is 4.